The number of aromatic nitrogens is 2. The van der Waals surface area contributed by atoms with E-state index in [1.54, 1.807) is 0 Å². The first-order valence-electron chi connectivity index (χ1n) is 6.56. The average Bonchev–Trinajstić information content (AvgIpc) is 2.75. The van der Waals surface area contributed by atoms with E-state index < -0.39 is 0 Å². The van der Waals surface area contributed by atoms with E-state index >= 15 is 0 Å². The fraction of sp³-hybridized carbons (Fsp3) is 0.692. The number of fused-ring (bicyclic) bond motifs is 1. The summed E-state index contributed by atoms with van der Waals surface area (Å²) >= 11 is 0. The largest absolute Gasteiger partial charge is 0.350 e. The van der Waals surface area contributed by atoms with Crippen LogP contribution in [0.15, 0.2) is 12.4 Å². The molecule has 0 saturated heterocycles. The van der Waals surface area contributed by atoms with Crippen molar-refractivity contribution in [2.24, 2.45) is 0 Å². The Kier molecular flexibility index (Phi) is 4.01. The van der Waals surface area contributed by atoms with Crippen molar-refractivity contribution in [3.8, 4) is 0 Å². The van der Waals surface area contributed by atoms with Crippen LogP contribution < -0.4 is 5.32 Å². The van der Waals surface area contributed by atoms with E-state index in [0.717, 1.165) is 25.2 Å². The zero-order chi connectivity index (χ0) is 13.1. The number of amides is 1. The lowest BCUT2D eigenvalue weighted by atomic mass is 10.1. The summed E-state index contributed by atoms with van der Waals surface area (Å²) in [4.78, 5) is 18.2. The Balaban J connectivity index is 1.83. The molecule has 5 heteroatoms. The Hall–Kier alpha value is -1.36. The van der Waals surface area contributed by atoms with Crippen molar-refractivity contribution in [1.29, 1.82) is 0 Å². The van der Waals surface area contributed by atoms with Gasteiger partial charge in [0, 0.05) is 37.4 Å². The van der Waals surface area contributed by atoms with E-state index in [1.165, 1.54) is 0 Å². The molecule has 1 N–H and O–H groups in total. The van der Waals surface area contributed by atoms with Gasteiger partial charge in [-0.2, -0.15) is 0 Å². The second-order valence-electron chi connectivity index (χ2n) is 5.31. The number of aryl methyl sites for hydroxylation is 1. The van der Waals surface area contributed by atoms with Crippen molar-refractivity contribution in [3.05, 3.63) is 18.2 Å². The van der Waals surface area contributed by atoms with Crippen LogP contribution in [0.5, 0.6) is 0 Å². The van der Waals surface area contributed by atoms with Gasteiger partial charge in [0.1, 0.15) is 5.82 Å². The van der Waals surface area contributed by atoms with Gasteiger partial charge < -0.3 is 9.88 Å². The normalized spacial score (nSPS) is 19.1. The molecule has 2 heterocycles. The minimum atomic E-state index is 0.111. The predicted octanol–water partition coefficient (Wildman–Crippen LogP) is 0.654. The van der Waals surface area contributed by atoms with Crippen molar-refractivity contribution >= 4 is 5.91 Å². The zero-order valence-corrected chi connectivity index (χ0v) is 11.4. The number of nitrogens with zero attached hydrogens (tertiary/aromatic N) is 3. The van der Waals surface area contributed by atoms with Crippen LogP contribution in [-0.2, 0) is 17.8 Å². The molecule has 1 amide bonds. The summed E-state index contributed by atoms with van der Waals surface area (Å²) in [7, 11) is 1.97. The number of nitrogens with one attached hydrogen (secondary N) is 1. The number of carbonyl (C=O) groups excluding carboxylic acids is 1. The Bertz CT molecular complexity index is 413. The zero-order valence-electron chi connectivity index (χ0n) is 11.4. The second kappa shape index (κ2) is 5.52. The van der Waals surface area contributed by atoms with E-state index in [0.29, 0.717) is 12.6 Å². The van der Waals surface area contributed by atoms with E-state index in [-0.39, 0.29) is 11.9 Å². The molecule has 1 aliphatic rings. The maximum absolute atomic E-state index is 11.9. The molecule has 100 valence electrons. The molecule has 0 bridgehead atoms. The fourth-order valence-electron chi connectivity index (χ4n) is 2.17. The summed E-state index contributed by atoms with van der Waals surface area (Å²) in [5, 5.41) is 3.11. The molecule has 0 aliphatic carbocycles. The number of carbonyl (C=O) groups is 1. The second-order valence-corrected chi connectivity index (χ2v) is 5.31. The molecule has 18 heavy (non-hydrogen) atoms. The van der Waals surface area contributed by atoms with Crippen molar-refractivity contribution in [3.63, 3.8) is 0 Å². The van der Waals surface area contributed by atoms with E-state index in [4.69, 9.17) is 0 Å². The lowest BCUT2D eigenvalue weighted by molar-refractivity contribution is -0.123. The number of hydrogen-bond acceptors (Lipinski definition) is 3. The molecule has 0 saturated carbocycles. The molecule has 1 aromatic heterocycles. The monoisotopic (exact) mass is 250 g/mol. The minimum absolute atomic E-state index is 0.111. The molecule has 0 fully saturated rings. The lowest BCUT2D eigenvalue weighted by Gasteiger charge is -2.26. The molecule has 1 aliphatic heterocycles. The van der Waals surface area contributed by atoms with Gasteiger partial charge in [0.2, 0.25) is 5.91 Å². The standard InChI is InChI=1S/C13H22N4O/c1-10(2)16(3)9-13(18)15-11-4-5-12-14-6-7-17(12)8-11/h6-7,10-11H,4-5,8-9H2,1-3H3,(H,15,18)/t11-/m1/s1. The van der Waals surface area contributed by atoms with Crippen LogP contribution in [0.4, 0.5) is 0 Å². The first kappa shape index (κ1) is 13.1. The van der Waals surface area contributed by atoms with E-state index in [9.17, 15) is 4.79 Å². The van der Waals surface area contributed by atoms with Gasteiger partial charge in [-0.25, -0.2) is 4.98 Å². The molecule has 0 aromatic carbocycles. The Morgan fingerprint density at radius 2 is 2.44 bits per heavy atom. The maximum Gasteiger partial charge on any atom is 0.234 e. The minimum Gasteiger partial charge on any atom is -0.350 e. The lowest BCUT2D eigenvalue weighted by Crippen LogP contribution is -2.45. The van der Waals surface area contributed by atoms with E-state index in [1.807, 2.05) is 24.3 Å². The third-order valence-electron chi connectivity index (χ3n) is 3.57. The summed E-state index contributed by atoms with van der Waals surface area (Å²) in [5.41, 5.74) is 0. The fourth-order valence-corrected chi connectivity index (χ4v) is 2.17. The Morgan fingerprint density at radius 3 is 3.17 bits per heavy atom. The van der Waals surface area contributed by atoms with Gasteiger partial charge in [0.25, 0.3) is 0 Å². The highest BCUT2D eigenvalue weighted by atomic mass is 16.2. The smallest absolute Gasteiger partial charge is 0.234 e. The van der Waals surface area contributed by atoms with Gasteiger partial charge in [-0.05, 0) is 27.3 Å². The van der Waals surface area contributed by atoms with Crippen LogP contribution in [0, 0.1) is 0 Å². The van der Waals surface area contributed by atoms with Crippen molar-refractivity contribution < 1.29 is 4.79 Å². The van der Waals surface area contributed by atoms with Gasteiger partial charge in [0.15, 0.2) is 0 Å². The van der Waals surface area contributed by atoms with E-state index in [2.05, 4.69) is 28.7 Å². The first-order chi connectivity index (χ1) is 8.56. The molecule has 0 unspecified atom stereocenters. The third kappa shape index (κ3) is 3.10. The molecule has 5 nitrogen and oxygen atoms in total. The van der Waals surface area contributed by atoms with Gasteiger partial charge in [-0.3, -0.25) is 9.69 Å². The summed E-state index contributed by atoms with van der Waals surface area (Å²) in [6.07, 6.45) is 5.73. The van der Waals surface area contributed by atoms with Crippen LogP contribution >= 0.6 is 0 Å². The number of likely N-dealkylation sites (N-methyl/N-ethyl adjacent to an activating group) is 1. The average molecular weight is 250 g/mol. The molecule has 0 spiro atoms. The van der Waals surface area contributed by atoms with Crippen molar-refractivity contribution in [2.45, 2.75) is 45.3 Å². The van der Waals surface area contributed by atoms with Gasteiger partial charge in [-0.1, -0.05) is 0 Å². The Labute approximate surface area is 108 Å². The maximum atomic E-state index is 11.9. The summed E-state index contributed by atoms with van der Waals surface area (Å²) in [5.74, 6) is 1.24. The third-order valence-corrected chi connectivity index (χ3v) is 3.57. The van der Waals surface area contributed by atoms with Crippen molar-refractivity contribution in [1.82, 2.24) is 19.8 Å². The highest BCUT2D eigenvalue weighted by Crippen LogP contribution is 2.12. The molecular formula is C13H22N4O. The summed E-state index contributed by atoms with van der Waals surface area (Å²) < 4.78 is 2.13. The first-order valence-corrected chi connectivity index (χ1v) is 6.56. The van der Waals surface area contributed by atoms with Gasteiger partial charge in [0.05, 0.1) is 6.54 Å². The number of imidazole rings is 1. The molecule has 1 aromatic rings. The highest BCUT2D eigenvalue weighted by molar-refractivity contribution is 5.78. The quantitative estimate of drug-likeness (QED) is 0.854. The number of rotatable bonds is 4. The molecule has 1 atom stereocenters. The predicted molar refractivity (Wildman–Crippen MR) is 70.2 cm³/mol. The van der Waals surface area contributed by atoms with Crippen LogP contribution in [0.1, 0.15) is 26.1 Å². The summed E-state index contributed by atoms with van der Waals surface area (Å²) in [6.45, 7) is 5.48. The molecular weight excluding hydrogens is 228 g/mol. The molecule has 0 radical (unpaired) electrons. The molecule has 2 rings (SSSR count). The SMILES string of the molecule is CC(C)N(C)CC(=O)N[C@@H]1CCc2nccn2C1. The highest BCUT2D eigenvalue weighted by Gasteiger charge is 2.20. The Morgan fingerprint density at radius 1 is 1.67 bits per heavy atom. The van der Waals surface area contributed by atoms with Crippen LogP contribution in [-0.4, -0.2) is 46.0 Å². The van der Waals surface area contributed by atoms with Gasteiger partial charge in [-0.15, -0.1) is 0 Å². The van der Waals surface area contributed by atoms with Crippen LogP contribution in [0.25, 0.3) is 0 Å². The topological polar surface area (TPSA) is 50.2 Å². The van der Waals surface area contributed by atoms with Crippen LogP contribution in [0.2, 0.25) is 0 Å². The summed E-state index contributed by atoms with van der Waals surface area (Å²) in [6, 6.07) is 0.627. The van der Waals surface area contributed by atoms with Crippen molar-refractivity contribution in [2.75, 3.05) is 13.6 Å². The van der Waals surface area contributed by atoms with Gasteiger partial charge >= 0.3 is 0 Å². The van der Waals surface area contributed by atoms with Crippen LogP contribution in [0.3, 0.4) is 0 Å². The number of hydrogen-bond donors (Lipinski definition) is 1.